The number of carbonyl (C=O) groups is 1. The zero-order chi connectivity index (χ0) is 19.5. The van der Waals surface area contributed by atoms with Gasteiger partial charge in [-0.3, -0.25) is 19.8 Å². The maximum absolute atomic E-state index is 12.4. The molecule has 0 saturated carbocycles. The van der Waals surface area contributed by atoms with E-state index in [-0.39, 0.29) is 18.4 Å². The molecule has 0 bridgehead atoms. The van der Waals surface area contributed by atoms with Gasteiger partial charge in [-0.25, -0.2) is 0 Å². The smallest absolute Gasteiger partial charge is 0.226 e. The topological polar surface area (TPSA) is 67.2 Å². The molecule has 0 unspecified atom stereocenters. The minimum atomic E-state index is -0.0345. The van der Waals surface area contributed by atoms with E-state index in [0.29, 0.717) is 6.54 Å². The van der Waals surface area contributed by atoms with Crippen LogP contribution in [0.25, 0.3) is 0 Å². The number of pyridine rings is 2. The Hall–Kier alpha value is -3.34. The van der Waals surface area contributed by atoms with E-state index in [2.05, 4.69) is 20.3 Å². The second-order valence-electron chi connectivity index (χ2n) is 7.06. The first-order chi connectivity index (χ1) is 13.6. The van der Waals surface area contributed by atoms with Crippen molar-refractivity contribution in [1.82, 2.24) is 15.3 Å². The van der Waals surface area contributed by atoms with Crippen molar-refractivity contribution < 1.29 is 4.79 Å². The van der Waals surface area contributed by atoms with Gasteiger partial charge in [-0.15, -0.1) is 0 Å². The molecule has 0 spiro atoms. The fourth-order valence-electron chi connectivity index (χ4n) is 3.46. The zero-order valence-electron chi connectivity index (χ0n) is 16.0. The van der Waals surface area contributed by atoms with Gasteiger partial charge in [0.05, 0.1) is 30.4 Å². The summed E-state index contributed by atoms with van der Waals surface area (Å²) in [5.41, 5.74) is 6.95. The lowest BCUT2D eigenvalue weighted by atomic mass is 10.0. The standard InChI is InChI=1S/C23H22N4O/c1-15-10-18(8-9-24-15)23-21-14-25-20(11-19(21)13-26-23)12-22(28)27-16(2)17-6-4-3-5-7-17/h3-11,14,16H,12-13H2,1-2H3,(H,27,28)/t16-/m0/s1. The van der Waals surface area contributed by atoms with E-state index in [1.807, 2.05) is 68.6 Å². The van der Waals surface area contributed by atoms with E-state index < -0.39 is 0 Å². The molecule has 0 saturated heterocycles. The maximum Gasteiger partial charge on any atom is 0.226 e. The summed E-state index contributed by atoms with van der Waals surface area (Å²) < 4.78 is 0. The Morgan fingerprint density at radius 3 is 2.75 bits per heavy atom. The molecular formula is C23H22N4O. The van der Waals surface area contributed by atoms with Gasteiger partial charge in [0.1, 0.15) is 0 Å². The summed E-state index contributed by atoms with van der Waals surface area (Å²) in [6, 6.07) is 15.9. The second-order valence-corrected chi connectivity index (χ2v) is 7.06. The van der Waals surface area contributed by atoms with Gasteiger partial charge in [-0.05, 0) is 43.2 Å². The molecule has 3 heterocycles. The monoisotopic (exact) mass is 370 g/mol. The van der Waals surface area contributed by atoms with E-state index in [0.717, 1.165) is 39.4 Å². The summed E-state index contributed by atoms with van der Waals surface area (Å²) >= 11 is 0. The molecule has 1 aliphatic heterocycles. The molecule has 140 valence electrons. The van der Waals surface area contributed by atoms with Crippen molar-refractivity contribution in [2.75, 3.05) is 0 Å². The highest BCUT2D eigenvalue weighted by molar-refractivity contribution is 6.15. The third-order valence-corrected chi connectivity index (χ3v) is 4.90. The van der Waals surface area contributed by atoms with Gasteiger partial charge in [-0.2, -0.15) is 0 Å². The number of aliphatic imine (C=N–C) groups is 1. The molecule has 3 aromatic rings. The molecule has 1 N–H and O–H groups in total. The van der Waals surface area contributed by atoms with Gasteiger partial charge < -0.3 is 5.32 Å². The van der Waals surface area contributed by atoms with Crippen LogP contribution in [0.4, 0.5) is 0 Å². The number of rotatable bonds is 5. The predicted octanol–water partition coefficient (Wildman–Crippen LogP) is 3.56. The lowest BCUT2D eigenvalue weighted by Gasteiger charge is -2.14. The molecule has 1 aromatic carbocycles. The van der Waals surface area contributed by atoms with Gasteiger partial charge in [0.15, 0.2) is 0 Å². The van der Waals surface area contributed by atoms with Crippen LogP contribution in [-0.2, 0) is 17.8 Å². The highest BCUT2D eigenvalue weighted by atomic mass is 16.1. The van der Waals surface area contributed by atoms with Crippen LogP contribution in [-0.4, -0.2) is 21.6 Å². The number of aromatic nitrogens is 2. The average Bonchev–Trinajstić information content (AvgIpc) is 3.12. The molecular weight excluding hydrogens is 348 g/mol. The Kier molecular flexibility index (Phi) is 4.98. The third-order valence-electron chi connectivity index (χ3n) is 4.90. The molecule has 1 aliphatic rings. The first kappa shape index (κ1) is 18.0. The summed E-state index contributed by atoms with van der Waals surface area (Å²) in [6.45, 7) is 4.57. The summed E-state index contributed by atoms with van der Waals surface area (Å²) in [5.74, 6) is -0.0345. The molecule has 28 heavy (non-hydrogen) atoms. The summed E-state index contributed by atoms with van der Waals surface area (Å²) in [6.07, 6.45) is 3.89. The molecule has 1 amide bonds. The van der Waals surface area contributed by atoms with Crippen molar-refractivity contribution in [2.24, 2.45) is 4.99 Å². The number of aryl methyl sites for hydroxylation is 1. The van der Waals surface area contributed by atoms with Gasteiger partial charge in [0.2, 0.25) is 5.91 Å². The highest BCUT2D eigenvalue weighted by Gasteiger charge is 2.19. The maximum atomic E-state index is 12.4. The first-order valence-corrected chi connectivity index (χ1v) is 9.40. The van der Waals surface area contributed by atoms with E-state index in [4.69, 9.17) is 0 Å². The number of fused-ring (bicyclic) bond motifs is 1. The fraction of sp³-hybridized carbons (Fsp3) is 0.217. The normalized spacial score (nSPS) is 13.6. The lowest BCUT2D eigenvalue weighted by molar-refractivity contribution is -0.121. The van der Waals surface area contributed by atoms with E-state index in [1.165, 1.54) is 0 Å². The van der Waals surface area contributed by atoms with Crippen LogP contribution >= 0.6 is 0 Å². The number of nitrogens with one attached hydrogen (secondary N) is 1. The van der Waals surface area contributed by atoms with Crippen LogP contribution in [0.3, 0.4) is 0 Å². The molecule has 2 aromatic heterocycles. The molecule has 0 fully saturated rings. The summed E-state index contributed by atoms with van der Waals surface area (Å²) in [7, 11) is 0. The minimum absolute atomic E-state index is 0.0343. The van der Waals surface area contributed by atoms with Crippen molar-refractivity contribution in [1.29, 1.82) is 0 Å². The fourth-order valence-corrected chi connectivity index (χ4v) is 3.46. The zero-order valence-corrected chi connectivity index (χ0v) is 16.0. The van der Waals surface area contributed by atoms with Gasteiger partial charge in [-0.1, -0.05) is 30.3 Å². The van der Waals surface area contributed by atoms with Crippen LogP contribution in [0.1, 0.15) is 46.6 Å². The van der Waals surface area contributed by atoms with Gasteiger partial charge in [0.25, 0.3) is 0 Å². The average molecular weight is 370 g/mol. The van der Waals surface area contributed by atoms with Crippen LogP contribution in [0, 0.1) is 6.92 Å². The molecule has 4 rings (SSSR count). The van der Waals surface area contributed by atoms with Crippen molar-refractivity contribution in [2.45, 2.75) is 32.9 Å². The highest BCUT2D eigenvalue weighted by Crippen LogP contribution is 2.23. The number of amides is 1. The van der Waals surface area contributed by atoms with Crippen LogP contribution in [0.15, 0.2) is 65.9 Å². The van der Waals surface area contributed by atoms with Crippen molar-refractivity contribution in [3.05, 3.63) is 94.6 Å². The first-order valence-electron chi connectivity index (χ1n) is 9.40. The number of carbonyl (C=O) groups excluding carboxylic acids is 1. The molecule has 1 atom stereocenters. The van der Waals surface area contributed by atoms with Gasteiger partial charge in [0, 0.05) is 29.2 Å². The Morgan fingerprint density at radius 2 is 1.96 bits per heavy atom. The Labute approximate surface area is 164 Å². The largest absolute Gasteiger partial charge is 0.349 e. The van der Waals surface area contributed by atoms with E-state index >= 15 is 0 Å². The Bertz CT molecular complexity index is 1040. The number of hydrogen-bond acceptors (Lipinski definition) is 4. The summed E-state index contributed by atoms with van der Waals surface area (Å²) in [5, 5.41) is 3.04. The van der Waals surface area contributed by atoms with E-state index in [1.54, 1.807) is 6.20 Å². The van der Waals surface area contributed by atoms with Crippen molar-refractivity contribution in [3.8, 4) is 0 Å². The summed E-state index contributed by atoms with van der Waals surface area (Å²) in [4.78, 5) is 25.9. The van der Waals surface area contributed by atoms with E-state index in [9.17, 15) is 4.79 Å². The predicted molar refractivity (Wildman–Crippen MR) is 109 cm³/mol. The Morgan fingerprint density at radius 1 is 1.14 bits per heavy atom. The SMILES string of the molecule is Cc1cc(C2=NCc3cc(CC(=O)N[C@@H](C)c4ccccc4)ncc32)ccn1. The number of hydrogen-bond donors (Lipinski definition) is 1. The molecule has 5 heteroatoms. The van der Waals surface area contributed by atoms with Crippen LogP contribution in [0.2, 0.25) is 0 Å². The number of benzene rings is 1. The van der Waals surface area contributed by atoms with Crippen molar-refractivity contribution >= 4 is 11.6 Å². The van der Waals surface area contributed by atoms with Crippen LogP contribution in [0.5, 0.6) is 0 Å². The van der Waals surface area contributed by atoms with Gasteiger partial charge >= 0.3 is 0 Å². The molecule has 0 radical (unpaired) electrons. The molecule has 0 aliphatic carbocycles. The van der Waals surface area contributed by atoms with Crippen LogP contribution < -0.4 is 5.32 Å². The molecule has 5 nitrogen and oxygen atoms in total. The Balaban J connectivity index is 1.45. The third kappa shape index (κ3) is 3.83. The second kappa shape index (κ2) is 7.72. The minimum Gasteiger partial charge on any atom is -0.349 e. The number of nitrogens with zero attached hydrogens (tertiary/aromatic N) is 3. The van der Waals surface area contributed by atoms with Crippen molar-refractivity contribution in [3.63, 3.8) is 0 Å². The quantitative estimate of drug-likeness (QED) is 0.747. The lowest BCUT2D eigenvalue weighted by Crippen LogP contribution is -2.28.